The Morgan fingerprint density at radius 3 is 2.26 bits per heavy atom. The molecule has 0 unspecified atom stereocenters. The van der Waals surface area contributed by atoms with Crippen LogP contribution in [0.4, 0.5) is 11.4 Å². The van der Waals surface area contributed by atoms with Gasteiger partial charge in [-0.1, -0.05) is 0 Å². The number of ether oxygens (including phenoxy) is 3. The summed E-state index contributed by atoms with van der Waals surface area (Å²) in [5, 5.41) is 5.54. The van der Waals surface area contributed by atoms with Gasteiger partial charge in [0.05, 0.1) is 21.3 Å². The Morgan fingerprint density at radius 2 is 1.70 bits per heavy atom. The van der Waals surface area contributed by atoms with Gasteiger partial charge < -0.3 is 24.8 Å². The molecule has 2 amide bonds. The molecule has 0 radical (unpaired) electrons. The molecular weight excluding hydrogens is 348 g/mol. The minimum Gasteiger partial charge on any atom is -0.493 e. The predicted octanol–water partition coefficient (Wildman–Crippen LogP) is 3.16. The van der Waals surface area contributed by atoms with Crippen LogP contribution in [0, 0.1) is 0 Å². The molecule has 0 fully saturated rings. The van der Waals surface area contributed by atoms with Gasteiger partial charge in [0.1, 0.15) is 0 Å². The van der Waals surface area contributed by atoms with Crippen molar-refractivity contribution in [3.8, 4) is 17.2 Å². The quantitative estimate of drug-likeness (QED) is 0.792. The topological polar surface area (TPSA) is 85.9 Å². The molecule has 27 heavy (non-hydrogen) atoms. The van der Waals surface area contributed by atoms with Crippen LogP contribution in [-0.2, 0) is 9.59 Å². The van der Waals surface area contributed by atoms with Gasteiger partial charge in [-0.3, -0.25) is 9.59 Å². The molecule has 7 nitrogen and oxygen atoms in total. The third kappa shape index (κ3) is 3.57. The summed E-state index contributed by atoms with van der Waals surface area (Å²) >= 11 is 0. The molecular formula is C20H20N2O5. The SMILES string of the molecule is COc1cc(/C=C2/C(=O)Nc3ccc(NC(C)=O)cc32)cc(OC)c1OC. The lowest BCUT2D eigenvalue weighted by Crippen LogP contribution is -2.05. The molecule has 0 atom stereocenters. The number of methoxy groups -OCH3 is 3. The van der Waals surface area contributed by atoms with Crippen molar-refractivity contribution < 1.29 is 23.8 Å². The minimum atomic E-state index is -0.223. The third-order valence-corrected chi connectivity index (χ3v) is 4.12. The normalized spacial score (nSPS) is 13.8. The molecule has 2 aromatic carbocycles. The Balaban J connectivity index is 2.08. The van der Waals surface area contributed by atoms with E-state index in [9.17, 15) is 9.59 Å². The molecule has 7 heteroatoms. The molecule has 1 aliphatic rings. The second-order valence-corrected chi connectivity index (χ2v) is 5.91. The van der Waals surface area contributed by atoms with E-state index in [0.29, 0.717) is 45.3 Å². The van der Waals surface area contributed by atoms with Crippen molar-refractivity contribution in [2.45, 2.75) is 6.92 Å². The summed E-state index contributed by atoms with van der Waals surface area (Å²) in [6.07, 6.45) is 1.74. The van der Waals surface area contributed by atoms with E-state index in [-0.39, 0.29) is 11.8 Å². The summed E-state index contributed by atoms with van der Waals surface area (Å²) in [6, 6.07) is 8.78. The van der Waals surface area contributed by atoms with E-state index in [4.69, 9.17) is 14.2 Å². The number of amides is 2. The highest BCUT2D eigenvalue weighted by atomic mass is 16.5. The molecule has 140 valence electrons. The number of carbonyl (C=O) groups is 2. The zero-order valence-corrected chi connectivity index (χ0v) is 15.5. The lowest BCUT2D eigenvalue weighted by atomic mass is 10.0. The van der Waals surface area contributed by atoms with Gasteiger partial charge in [0.2, 0.25) is 11.7 Å². The Labute approximate surface area is 156 Å². The Kier molecular flexibility index (Phi) is 5.03. The maximum atomic E-state index is 12.4. The number of fused-ring (bicyclic) bond motifs is 1. The summed E-state index contributed by atoms with van der Waals surface area (Å²) in [4.78, 5) is 23.8. The van der Waals surface area contributed by atoms with Crippen molar-refractivity contribution in [1.29, 1.82) is 0 Å². The smallest absolute Gasteiger partial charge is 0.256 e. The van der Waals surface area contributed by atoms with Crippen LogP contribution in [0.15, 0.2) is 30.3 Å². The summed E-state index contributed by atoms with van der Waals surface area (Å²) in [6.45, 7) is 1.43. The van der Waals surface area contributed by atoms with Gasteiger partial charge in [0, 0.05) is 29.4 Å². The molecule has 2 aromatic rings. The summed E-state index contributed by atoms with van der Waals surface area (Å²) in [5.41, 5.74) is 3.21. The van der Waals surface area contributed by atoms with Crippen molar-refractivity contribution >= 4 is 34.8 Å². The van der Waals surface area contributed by atoms with E-state index >= 15 is 0 Å². The van der Waals surface area contributed by atoms with Crippen molar-refractivity contribution in [2.24, 2.45) is 0 Å². The average Bonchev–Trinajstić information content (AvgIpc) is 2.95. The Morgan fingerprint density at radius 1 is 1.04 bits per heavy atom. The number of anilines is 2. The van der Waals surface area contributed by atoms with Crippen molar-refractivity contribution in [2.75, 3.05) is 32.0 Å². The number of hydrogen-bond acceptors (Lipinski definition) is 5. The molecule has 3 rings (SSSR count). The van der Waals surface area contributed by atoms with Crippen molar-refractivity contribution in [1.82, 2.24) is 0 Å². The van der Waals surface area contributed by atoms with Gasteiger partial charge in [-0.2, -0.15) is 0 Å². The zero-order valence-electron chi connectivity index (χ0n) is 15.5. The average molecular weight is 368 g/mol. The molecule has 0 aliphatic carbocycles. The molecule has 0 aromatic heterocycles. The van der Waals surface area contributed by atoms with Gasteiger partial charge in [0.15, 0.2) is 11.5 Å². The van der Waals surface area contributed by atoms with Crippen LogP contribution in [0.3, 0.4) is 0 Å². The highest BCUT2D eigenvalue weighted by molar-refractivity contribution is 6.35. The second kappa shape index (κ2) is 7.41. The van der Waals surface area contributed by atoms with Crippen LogP contribution >= 0.6 is 0 Å². The lowest BCUT2D eigenvalue weighted by molar-refractivity contribution is -0.114. The summed E-state index contributed by atoms with van der Waals surface area (Å²) in [5.74, 6) is 1.07. The Bertz CT molecular complexity index is 924. The largest absolute Gasteiger partial charge is 0.493 e. The van der Waals surface area contributed by atoms with E-state index in [0.717, 1.165) is 0 Å². The van der Waals surface area contributed by atoms with E-state index in [1.807, 2.05) is 0 Å². The van der Waals surface area contributed by atoms with Crippen LogP contribution in [0.25, 0.3) is 11.6 Å². The van der Waals surface area contributed by atoms with E-state index in [2.05, 4.69) is 10.6 Å². The van der Waals surface area contributed by atoms with Crippen LogP contribution in [0.1, 0.15) is 18.1 Å². The first-order chi connectivity index (χ1) is 13.0. The maximum Gasteiger partial charge on any atom is 0.256 e. The molecule has 1 heterocycles. The lowest BCUT2D eigenvalue weighted by Gasteiger charge is -2.13. The first-order valence-electron chi connectivity index (χ1n) is 8.22. The van der Waals surface area contributed by atoms with E-state index in [1.54, 1.807) is 36.4 Å². The number of benzene rings is 2. The van der Waals surface area contributed by atoms with Crippen molar-refractivity contribution in [3.63, 3.8) is 0 Å². The maximum absolute atomic E-state index is 12.4. The molecule has 2 N–H and O–H groups in total. The van der Waals surface area contributed by atoms with Gasteiger partial charge in [-0.05, 0) is 42.0 Å². The van der Waals surface area contributed by atoms with Gasteiger partial charge in [-0.25, -0.2) is 0 Å². The monoisotopic (exact) mass is 368 g/mol. The molecule has 0 bridgehead atoms. The van der Waals surface area contributed by atoms with E-state index in [1.165, 1.54) is 28.3 Å². The fourth-order valence-corrected chi connectivity index (χ4v) is 2.96. The third-order valence-electron chi connectivity index (χ3n) is 4.12. The fraction of sp³-hybridized carbons (Fsp3) is 0.200. The fourth-order valence-electron chi connectivity index (χ4n) is 2.96. The first kappa shape index (κ1) is 18.3. The predicted molar refractivity (Wildman–Crippen MR) is 103 cm³/mol. The standard InChI is InChI=1S/C20H20N2O5/c1-11(23)21-13-5-6-16-14(10-13)15(20(24)22-16)7-12-8-17(25-2)19(27-4)18(9-12)26-3/h5-10H,1-4H3,(H,21,23)(H,22,24)/b15-7+. The first-order valence-corrected chi connectivity index (χ1v) is 8.22. The summed E-state index contributed by atoms with van der Waals surface area (Å²) in [7, 11) is 4.60. The Hall–Kier alpha value is -3.48. The van der Waals surface area contributed by atoms with Gasteiger partial charge in [0.25, 0.3) is 5.91 Å². The molecule has 0 saturated carbocycles. The van der Waals surface area contributed by atoms with Crippen molar-refractivity contribution in [3.05, 3.63) is 41.5 Å². The van der Waals surface area contributed by atoms with Gasteiger partial charge in [-0.15, -0.1) is 0 Å². The molecule has 1 aliphatic heterocycles. The number of nitrogens with one attached hydrogen (secondary N) is 2. The minimum absolute atomic E-state index is 0.178. The van der Waals surface area contributed by atoms with Crippen LogP contribution in [-0.4, -0.2) is 33.1 Å². The second-order valence-electron chi connectivity index (χ2n) is 5.91. The summed E-state index contributed by atoms with van der Waals surface area (Å²) < 4.78 is 16.0. The van der Waals surface area contributed by atoms with Crippen LogP contribution in [0.2, 0.25) is 0 Å². The molecule has 0 saturated heterocycles. The van der Waals surface area contributed by atoms with E-state index < -0.39 is 0 Å². The highest BCUT2D eigenvalue weighted by Gasteiger charge is 2.25. The highest BCUT2D eigenvalue weighted by Crippen LogP contribution is 2.40. The molecule has 0 spiro atoms. The van der Waals surface area contributed by atoms with Gasteiger partial charge >= 0.3 is 0 Å². The number of hydrogen-bond donors (Lipinski definition) is 2. The van der Waals surface area contributed by atoms with Crippen LogP contribution in [0.5, 0.6) is 17.2 Å². The van der Waals surface area contributed by atoms with Crippen LogP contribution < -0.4 is 24.8 Å². The number of rotatable bonds is 5. The number of carbonyl (C=O) groups excluding carboxylic acids is 2. The zero-order chi connectivity index (χ0) is 19.6.